The molecular formula is C16H17N5O. The van der Waals surface area contributed by atoms with E-state index in [2.05, 4.69) is 14.9 Å². The second-order valence-corrected chi connectivity index (χ2v) is 6.41. The van der Waals surface area contributed by atoms with Crippen LogP contribution in [0.4, 0.5) is 11.5 Å². The van der Waals surface area contributed by atoms with Crippen LogP contribution in [0.2, 0.25) is 0 Å². The van der Waals surface area contributed by atoms with Crippen molar-refractivity contribution >= 4 is 22.5 Å². The molecule has 3 N–H and O–H groups in total. The number of nitrogens with two attached hydrogens (primary N) is 1. The number of rotatable bonds is 1. The Labute approximate surface area is 127 Å². The van der Waals surface area contributed by atoms with Crippen LogP contribution in [0, 0.1) is 16.7 Å². The average Bonchev–Trinajstić information content (AvgIpc) is 3.27. The third-order valence-electron chi connectivity index (χ3n) is 5.06. The Bertz CT molecular complexity index is 849. The number of hydrogen-bond donors (Lipinski definition) is 2. The quantitative estimate of drug-likeness (QED) is 0.835. The highest BCUT2D eigenvalue weighted by atomic mass is 16.1. The monoisotopic (exact) mass is 295 g/mol. The lowest BCUT2D eigenvalue weighted by atomic mass is 9.93. The molecule has 0 amide bonds. The first-order valence-corrected chi connectivity index (χ1v) is 7.59. The van der Waals surface area contributed by atoms with Crippen LogP contribution in [-0.4, -0.2) is 23.1 Å². The van der Waals surface area contributed by atoms with Crippen molar-refractivity contribution in [2.75, 3.05) is 23.7 Å². The fourth-order valence-electron chi connectivity index (χ4n) is 3.46. The van der Waals surface area contributed by atoms with Crippen LogP contribution in [-0.2, 0) is 0 Å². The van der Waals surface area contributed by atoms with E-state index in [1.165, 1.54) is 12.8 Å². The molecule has 4 rings (SSSR count). The number of anilines is 2. The largest absolute Gasteiger partial charge is 0.384 e. The minimum absolute atomic E-state index is 0.136. The van der Waals surface area contributed by atoms with Gasteiger partial charge >= 0.3 is 0 Å². The highest BCUT2D eigenvalue weighted by Gasteiger charge is 2.44. The summed E-state index contributed by atoms with van der Waals surface area (Å²) in [5, 5.41) is 9.42. The number of nitrogens with one attached hydrogen (secondary N) is 1. The molecule has 0 atom stereocenters. The van der Waals surface area contributed by atoms with E-state index in [0.717, 1.165) is 25.9 Å². The lowest BCUT2D eigenvalue weighted by Crippen LogP contribution is -2.36. The van der Waals surface area contributed by atoms with Crippen LogP contribution >= 0.6 is 0 Å². The third kappa shape index (κ3) is 1.93. The first-order valence-electron chi connectivity index (χ1n) is 7.59. The van der Waals surface area contributed by atoms with Crippen LogP contribution in [0.1, 0.15) is 31.2 Å². The van der Waals surface area contributed by atoms with Gasteiger partial charge in [-0.2, -0.15) is 5.26 Å². The number of fused-ring (bicyclic) bond motifs is 1. The summed E-state index contributed by atoms with van der Waals surface area (Å²) >= 11 is 0. The molecule has 112 valence electrons. The zero-order valence-electron chi connectivity index (χ0n) is 12.2. The molecule has 1 aliphatic heterocycles. The molecule has 22 heavy (non-hydrogen) atoms. The number of nitrogen functional groups attached to an aromatic ring is 1. The lowest BCUT2D eigenvalue weighted by molar-refractivity contribution is 0.384. The Hall–Kier alpha value is -2.55. The summed E-state index contributed by atoms with van der Waals surface area (Å²) in [5.74, 6) is 0.389. The van der Waals surface area contributed by atoms with Gasteiger partial charge in [0.25, 0.3) is 5.56 Å². The van der Waals surface area contributed by atoms with E-state index in [1.807, 2.05) is 6.07 Å². The predicted molar refractivity (Wildman–Crippen MR) is 84.6 cm³/mol. The van der Waals surface area contributed by atoms with Gasteiger partial charge in [0.05, 0.1) is 11.2 Å². The maximum Gasteiger partial charge on any atom is 0.268 e. The molecule has 3 heterocycles. The molecule has 6 heteroatoms. The molecule has 2 aromatic heterocycles. The van der Waals surface area contributed by atoms with Crippen molar-refractivity contribution in [3.05, 3.63) is 28.0 Å². The highest BCUT2D eigenvalue weighted by molar-refractivity contribution is 5.92. The summed E-state index contributed by atoms with van der Waals surface area (Å²) in [5.41, 5.74) is 7.99. The normalized spacial score (nSPS) is 19.3. The molecule has 2 aromatic rings. The minimum atomic E-state index is -0.358. The van der Waals surface area contributed by atoms with Gasteiger partial charge in [-0.3, -0.25) is 4.79 Å². The first-order chi connectivity index (χ1) is 10.6. The van der Waals surface area contributed by atoms with Gasteiger partial charge in [0.15, 0.2) is 0 Å². The molecule has 0 radical (unpaired) electrons. The Morgan fingerprint density at radius 3 is 2.64 bits per heavy atom. The zero-order chi connectivity index (χ0) is 15.3. The van der Waals surface area contributed by atoms with E-state index in [1.54, 1.807) is 12.1 Å². The summed E-state index contributed by atoms with van der Waals surface area (Å²) in [6, 6.07) is 5.45. The van der Waals surface area contributed by atoms with Gasteiger partial charge in [-0.1, -0.05) is 0 Å². The topological polar surface area (TPSA) is 98.8 Å². The fourth-order valence-corrected chi connectivity index (χ4v) is 3.46. The van der Waals surface area contributed by atoms with Crippen LogP contribution in [0.15, 0.2) is 16.9 Å². The van der Waals surface area contributed by atoms with E-state index in [-0.39, 0.29) is 11.1 Å². The number of nitriles is 1. The van der Waals surface area contributed by atoms with Gasteiger partial charge in [-0.15, -0.1) is 0 Å². The molecule has 0 unspecified atom stereocenters. The van der Waals surface area contributed by atoms with Gasteiger partial charge in [0, 0.05) is 13.1 Å². The van der Waals surface area contributed by atoms with Gasteiger partial charge in [0.2, 0.25) is 0 Å². The van der Waals surface area contributed by atoms with E-state index in [4.69, 9.17) is 5.73 Å². The van der Waals surface area contributed by atoms with Gasteiger partial charge in [-0.05, 0) is 43.2 Å². The number of aromatic amines is 1. The van der Waals surface area contributed by atoms with E-state index in [0.29, 0.717) is 28.0 Å². The van der Waals surface area contributed by atoms with Crippen molar-refractivity contribution in [2.45, 2.75) is 25.7 Å². The van der Waals surface area contributed by atoms with Crippen LogP contribution in [0.25, 0.3) is 11.0 Å². The average molecular weight is 295 g/mol. The zero-order valence-corrected chi connectivity index (χ0v) is 12.2. The number of pyridine rings is 2. The molecule has 6 nitrogen and oxygen atoms in total. The number of aromatic nitrogens is 2. The molecule has 2 aliphatic rings. The molecule has 0 aromatic carbocycles. The molecule has 0 bridgehead atoms. The van der Waals surface area contributed by atoms with Crippen LogP contribution in [0.3, 0.4) is 0 Å². The summed E-state index contributed by atoms with van der Waals surface area (Å²) in [7, 11) is 0. The van der Waals surface area contributed by atoms with Gasteiger partial charge in [-0.25, -0.2) is 4.98 Å². The molecular weight excluding hydrogens is 278 g/mol. The van der Waals surface area contributed by atoms with Crippen molar-refractivity contribution < 1.29 is 0 Å². The van der Waals surface area contributed by atoms with Crippen molar-refractivity contribution in [3.8, 4) is 6.07 Å². The Balaban J connectivity index is 1.88. The summed E-state index contributed by atoms with van der Waals surface area (Å²) in [4.78, 5) is 21.4. The van der Waals surface area contributed by atoms with Crippen LogP contribution in [0.5, 0.6) is 0 Å². The first kappa shape index (κ1) is 13.1. The SMILES string of the molecule is N#Cc1c(N2CCC3(CC2)CC3)c2nc(N)ccc2[nH]c1=O. The predicted octanol–water partition coefficient (Wildman–Crippen LogP) is 1.76. The number of H-pyrrole nitrogens is 1. The van der Waals surface area contributed by atoms with Crippen molar-refractivity contribution in [2.24, 2.45) is 5.41 Å². The lowest BCUT2D eigenvalue weighted by Gasteiger charge is -2.34. The van der Waals surface area contributed by atoms with Crippen molar-refractivity contribution in [1.82, 2.24) is 9.97 Å². The van der Waals surface area contributed by atoms with Crippen molar-refractivity contribution in [3.63, 3.8) is 0 Å². The van der Waals surface area contributed by atoms with Crippen molar-refractivity contribution in [1.29, 1.82) is 5.26 Å². The van der Waals surface area contributed by atoms with Gasteiger partial charge in [0.1, 0.15) is 23.0 Å². The molecule has 1 spiro atoms. The second kappa shape index (κ2) is 4.47. The van der Waals surface area contributed by atoms with E-state index in [9.17, 15) is 10.1 Å². The second-order valence-electron chi connectivity index (χ2n) is 6.41. The smallest absolute Gasteiger partial charge is 0.268 e. The molecule has 1 saturated carbocycles. The summed E-state index contributed by atoms with van der Waals surface area (Å²) < 4.78 is 0. The third-order valence-corrected chi connectivity index (χ3v) is 5.06. The maximum atomic E-state index is 12.2. The molecule has 1 aliphatic carbocycles. The van der Waals surface area contributed by atoms with Crippen LogP contribution < -0.4 is 16.2 Å². The number of nitrogens with zero attached hydrogens (tertiary/aromatic N) is 3. The fraction of sp³-hybridized carbons (Fsp3) is 0.438. The van der Waals surface area contributed by atoms with E-state index >= 15 is 0 Å². The number of piperidine rings is 1. The Kier molecular flexibility index (Phi) is 2.67. The van der Waals surface area contributed by atoms with E-state index < -0.39 is 0 Å². The number of hydrogen-bond acceptors (Lipinski definition) is 5. The standard InChI is InChI=1S/C16H17N5O/c17-9-10-14(21-7-5-16(3-4-16)6-8-21)13-11(19-15(10)22)1-2-12(18)20-13/h1-2H,3-8H2,(H2,18,20)(H,19,22). The van der Waals surface area contributed by atoms with Gasteiger partial charge < -0.3 is 15.6 Å². The minimum Gasteiger partial charge on any atom is -0.384 e. The maximum absolute atomic E-state index is 12.2. The molecule has 1 saturated heterocycles. The summed E-state index contributed by atoms with van der Waals surface area (Å²) in [6.07, 6.45) is 4.86. The molecule has 2 fully saturated rings. The Morgan fingerprint density at radius 2 is 2.00 bits per heavy atom. The Morgan fingerprint density at radius 1 is 1.27 bits per heavy atom. The summed E-state index contributed by atoms with van der Waals surface area (Å²) in [6.45, 7) is 1.73. The highest BCUT2D eigenvalue weighted by Crippen LogP contribution is 2.54.